The van der Waals surface area contributed by atoms with Crippen molar-refractivity contribution in [1.29, 1.82) is 0 Å². The van der Waals surface area contributed by atoms with Crippen molar-refractivity contribution in [2.45, 2.75) is 6.92 Å². The number of carboxylic acids is 1. The molecule has 1 aromatic carbocycles. The molecule has 4 nitrogen and oxygen atoms in total. The minimum Gasteiger partial charge on any atom is -0.477 e. The quantitative estimate of drug-likeness (QED) is 0.923. The minimum atomic E-state index is -1.29. The van der Waals surface area contributed by atoms with Gasteiger partial charge >= 0.3 is 5.97 Å². The monoisotopic (exact) mass is 325 g/mol. The van der Waals surface area contributed by atoms with Crippen LogP contribution in [0.5, 0.6) is 0 Å². The lowest BCUT2D eigenvalue weighted by molar-refractivity contribution is 0.0694. The molecule has 2 aromatic rings. The second-order valence-electron chi connectivity index (χ2n) is 3.93. The molecule has 0 saturated heterocycles. The fourth-order valence-electron chi connectivity index (χ4n) is 1.76. The SMILES string of the molecule is Cc1ccc(C(=O)O)c(=O)n1-c1ccc(F)cc1Br. The standard InChI is InChI=1S/C13H9BrFNO3/c1-7-2-4-9(13(18)19)12(17)16(7)11-5-3-8(15)6-10(11)14/h2-6H,1H3,(H,18,19). The predicted octanol–water partition coefficient (Wildman–Crippen LogP) is 2.75. The molecule has 0 unspecified atom stereocenters. The number of pyridine rings is 1. The number of hydrogen-bond donors (Lipinski definition) is 1. The van der Waals surface area contributed by atoms with Crippen LogP contribution in [0, 0.1) is 12.7 Å². The summed E-state index contributed by atoms with van der Waals surface area (Å²) in [7, 11) is 0. The van der Waals surface area contributed by atoms with E-state index >= 15 is 0 Å². The van der Waals surface area contributed by atoms with Crippen LogP contribution < -0.4 is 5.56 Å². The fourth-order valence-corrected chi connectivity index (χ4v) is 2.28. The Labute approximate surface area is 116 Å². The zero-order valence-corrected chi connectivity index (χ0v) is 11.4. The molecule has 1 N–H and O–H groups in total. The van der Waals surface area contributed by atoms with Crippen molar-refractivity contribution in [3.05, 3.63) is 62.2 Å². The van der Waals surface area contributed by atoms with Crippen LogP contribution in [0.2, 0.25) is 0 Å². The molecular weight excluding hydrogens is 317 g/mol. The summed E-state index contributed by atoms with van der Waals surface area (Å²) in [6.45, 7) is 1.67. The van der Waals surface area contributed by atoms with E-state index in [0.29, 0.717) is 15.9 Å². The van der Waals surface area contributed by atoms with E-state index < -0.39 is 17.3 Å². The van der Waals surface area contributed by atoms with Gasteiger partial charge in [-0.3, -0.25) is 9.36 Å². The highest BCUT2D eigenvalue weighted by atomic mass is 79.9. The van der Waals surface area contributed by atoms with Crippen LogP contribution in [0.15, 0.2) is 39.6 Å². The van der Waals surface area contributed by atoms with Gasteiger partial charge in [0.1, 0.15) is 11.4 Å². The fraction of sp³-hybridized carbons (Fsp3) is 0.0769. The highest BCUT2D eigenvalue weighted by Gasteiger charge is 2.15. The summed E-state index contributed by atoms with van der Waals surface area (Å²) in [4.78, 5) is 23.1. The highest BCUT2D eigenvalue weighted by molar-refractivity contribution is 9.10. The molecule has 0 radical (unpaired) electrons. The first-order valence-electron chi connectivity index (χ1n) is 5.33. The average Bonchev–Trinajstić information content (AvgIpc) is 2.31. The van der Waals surface area contributed by atoms with Crippen molar-refractivity contribution >= 4 is 21.9 Å². The molecule has 6 heteroatoms. The molecule has 0 aliphatic heterocycles. The first-order chi connectivity index (χ1) is 8.91. The van der Waals surface area contributed by atoms with Gasteiger partial charge in [0.25, 0.3) is 5.56 Å². The molecule has 0 atom stereocenters. The van der Waals surface area contributed by atoms with E-state index in [9.17, 15) is 14.0 Å². The summed E-state index contributed by atoms with van der Waals surface area (Å²) in [6.07, 6.45) is 0. The highest BCUT2D eigenvalue weighted by Crippen LogP contribution is 2.22. The van der Waals surface area contributed by atoms with Crippen LogP contribution in [-0.2, 0) is 0 Å². The number of aryl methyl sites for hydroxylation is 1. The number of carboxylic acid groups (broad SMARTS) is 1. The van der Waals surface area contributed by atoms with Crippen molar-refractivity contribution in [2.75, 3.05) is 0 Å². The van der Waals surface area contributed by atoms with Gasteiger partial charge in [-0.05, 0) is 53.2 Å². The van der Waals surface area contributed by atoms with Gasteiger partial charge < -0.3 is 5.11 Å². The van der Waals surface area contributed by atoms with Gasteiger partial charge in [0.2, 0.25) is 0 Å². The van der Waals surface area contributed by atoms with Crippen LogP contribution in [0.3, 0.4) is 0 Å². The Hall–Kier alpha value is -1.95. The maximum atomic E-state index is 13.1. The number of aromatic nitrogens is 1. The topological polar surface area (TPSA) is 59.3 Å². The van der Waals surface area contributed by atoms with E-state index in [0.717, 1.165) is 0 Å². The minimum absolute atomic E-state index is 0.332. The van der Waals surface area contributed by atoms with Gasteiger partial charge in [0, 0.05) is 10.2 Å². The first kappa shape index (κ1) is 13.5. The van der Waals surface area contributed by atoms with Gasteiger partial charge in [0.15, 0.2) is 0 Å². The number of carbonyl (C=O) groups is 1. The Kier molecular flexibility index (Phi) is 3.53. The molecule has 0 fully saturated rings. The lowest BCUT2D eigenvalue weighted by Gasteiger charge is -2.12. The molecule has 0 amide bonds. The normalized spacial score (nSPS) is 10.5. The summed E-state index contributed by atoms with van der Waals surface area (Å²) in [5.74, 6) is -1.74. The maximum absolute atomic E-state index is 13.1. The van der Waals surface area contributed by atoms with Gasteiger partial charge in [-0.2, -0.15) is 0 Å². The van der Waals surface area contributed by atoms with Crippen molar-refractivity contribution in [2.24, 2.45) is 0 Å². The molecule has 0 spiro atoms. The van der Waals surface area contributed by atoms with E-state index in [2.05, 4.69) is 15.9 Å². The van der Waals surface area contributed by atoms with Gasteiger partial charge in [0.05, 0.1) is 5.69 Å². The third-order valence-electron chi connectivity index (χ3n) is 2.66. The smallest absolute Gasteiger partial charge is 0.341 e. The van der Waals surface area contributed by atoms with E-state index in [-0.39, 0.29) is 5.56 Å². The number of halogens is 2. The largest absolute Gasteiger partial charge is 0.477 e. The Balaban J connectivity index is 2.78. The van der Waals surface area contributed by atoms with Crippen LogP contribution in [0.1, 0.15) is 16.1 Å². The lowest BCUT2D eigenvalue weighted by atomic mass is 10.2. The van der Waals surface area contributed by atoms with E-state index in [1.54, 1.807) is 6.92 Å². The average molecular weight is 326 g/mol. The van der Waals surface area contributed by atoms with Crippen molar-refractivity contribution < 1.29 is 14.3 Å². The van der Waals surface area contributed by atoms with Gasteiger partial charge in [-0.15, -0.1) is 0 Å². The molecule has 0 aliphatic carbocycles. The van der Waals surface area contributed by atoms with Gasteiger partial charge in [-0.1, -0.05) is 0 Å². The number of benzene rings is 1. The van der Waals surface area contributed by atoms with Crippen molar-refractivity contribution in [3.8, 4) is 5.69 Å². The summed E-state index contributed by atoms with van der Waals surface area (Å²) < 4.78 is 14.7. The Bertz CT molecular complexity index is 724. The molecule has 0 saturated carbocycles. The van der Waals surface area contributed by atoms with Crippen molar-refractivity contribution in [3.63, 3.8) is 0 Å². The summed E-state index contributed by atoms with van der Waals surface area (Å²) >= 11 is 3.17. The zero-order chi connectivity index (χ0) is 14.2. The predicted molar refractivity (Wildman–Crippen MR) is 71.4 cm³/mol. The van der Waals surface area contributed by atoms with E-state index in [1.165, 1.54) is 34.9 Å². The Morgan fingerprint density at radius 3 is 2.58 bits per heavy atom. The van der Waals surface area contributed by atoms with Crippen LogP contribution >= 0.6 is 15.9 Å². The molecule has 0 aliphatic rings. The number of hydrogen-bond acceptors (Lipinski definition) is 2. The van der Waals surface area contributed by atoms with E-state index in [4.69, 9.17) is 5.11 Å². The molecule has 1 heterocycles. The number of nitrogens with zero attached hydrogens (tertiary/aromatic N) is 1. The van der Waals surface area contributed by atoms with Crippen LogP contribution in [-0.4, -0.2) is 15.6 Å². The number of rotatable bonds is 2. The second kappa shape index (κ2) is 4.97. The molecule has 2 rings (SSSR count). The lowest BCUT2D eigenvalue weighted by Crippen LogP contribution is -2.26. The third kappa shape index (κ3) is 2.44. The first-order valence-corrected chi connectivity index (χ1v) is 6.12. The molecular formula is C13H9BrFNO3. The van der Waals surface area contributed by atoms with Crippen molar-refractivity contribution in [1.82, 2.24) is 4.57 Å². The third-order valence-corrected chi connectivity index (χ3v) is 3.29. The molecule has 98 valence electrons. The molecule has 1 aromatic heterocycles. The molecule has 19 heavy (non-hydrogen) atoms. The van der Waals surface area contributed by atoms with Crippen LogP contribution in [0.4, 0.5) is 4.39 Å². The van der Waals surface area contributed by atoms with E-state index in [1.807, 2.05) is 0 Å². The second-order valence-corrected chi connectivity index (χ2v) is 4.78. The zero-order valence-electron chi connectivity index (χ0n) is 9.85. The Morgan fingerprint density at radius 2 is 2.00 bits per heavy atom. The summed E-state index contributed by atoms with van der Waals surface area (Å²) in [6, 6.07) is 6.63. The maximum Gasteiger partial charge on any atom is 0.341 e. The summed E-state index contributed by atoms with van der Waals surface area (Å²) in [5.41, 5.74) is -0.0315. The van der Waals surface area contributed by atoms with Crippen LogP contribution in [0.25, 0.3) is 5.69 Å². The summed E-state index contributed by atoms with van der Waals surface area (Å²) in [5, 5.41) is 8.96. The Morgan fingerprint density at radius 1 is 1.32 bits per heavy atom. The van der Waals surface area contributed by atoms with Gasteiger partial charge in [-0.25, -0.2) is 9.18 Å². The molecule has 0 bridgehead atoms. The number of aromatic carboxylic acids is 1.